The zero-order valence-electron chi connectivity index (χ0n) is 14.7. The minimum atomic E-state index is -0.720. The number of carboxylic acids is 1. The van der Waals surface area contributed by atoms with Crippen molar-refractivity contribution in [3.63, 3.8) is 0 Å². The summed E-state index contributed by atoms with van der Waals surface area (Å²) >= 11 is 0. The number of carbonyl (C=O) groups is 1. The molecule has 1 aromatic heterocycles. The van der Waals surface area contributed by atoms with Gasteiger partial charge in [-0.3, -0.25) is 4.79 Å². The minimum Gasteiger partial charge on any atom is -0.487 e. The summed E-state index contributed by atoms with van der Waals surface area (Å²) in [6.45, 7) is 0.437. The number of ether oxygens (including phenoxy) is 1. The summed E-state index contributed by atoms with van der Waals surface area (Å²) in [6, 6.07) is 20.2. The van der Waals surface area contributed by atoms with Gasteiger partial charge >= 0.3 is 5.97 Å². The molecule has 2 aromatic carbocycles. The highest BCUT2D eigenvalue weighted by Crippen LogP contribution is 2.18. The van der Waals surface area contributed by atoms with Crippen LogP contribution in [-0.2, 0) is 17.8 Å². The lowest BCUT2D eigenvalue weighted by Gasteiger charge is -2.08. The number of hydrogen-bond acceptors (Lipinski definition) is 3. The molecule has 4 heteroatoms. The number of aliphatic carboxylic acids is 1. The van der Waals surface area contributed by atoms with E-state index in [1.165, 1.54) is 5.56 Å². The summed E-state index contributed by atoms with van der Waals surface area (Å²) in [5.41, 5.74) is 3.09. The Balaban J connectivity index is 1.52. The van der Waals surface area contributed by atoms with Gasteiger partial charge in [0, 0.05) is 11.8 Å². The highest BCUT2D eigenvalue weighted by molar-refractivity contribution is 5.78. The third-order valence-electron chi connectivity index (χ3n) is 4.30. The summed E-state index contributed by atoms with van der Waals surface area (Å²) in [4.78, 5) is 15.1. The number of benzene rings is 2. The number of hydrogen-bond donors (Lipinski definition) is 1. The molecule has 0 atom stereocenters. The summed E-state index contributed by atoms with van der Waals surface area (Å²) in [5, 5.41) is 9.78. The Bertz CT molecular complexity index is 876. The van der Waals surface area contributed by atoms with E-state index in [-0.39, 0.29) is 6.42 Å². The van der Waals surface area contributed by atoms with Crippen LogP contribution in [0.5, 0.6) is 5.75 Å². The van der Waals surface area contributed by atoms with Crippen LogP contribution in [0.1, 0.15) is 36.9 Å². The number of rotatable bonds is 9. The normalized spacial score (nSPS) is 10.8. The van der Waals surface area contributed by atoms with Gasteiger partial charge in [-0.15, -0.1) is 0 Å². The Hall–Kier alpha value is -2.88. The standard InChI is InChI=1S/C22H23NO3/c24-22(25)12-3-1-2-7-17-8-6-10-20(15-17)26-16-19-14-13-18-9-4-5-11-21(18)23-19/h4-6,8-11,13-15H,1-3,7,12,16H2,(H,24,25). The van der Waals surface area contributed by atoms with Crippen molar-refractivity contribution in [2.45, 2.75) is 38.7 Å². The van der Waals surface area contributed by atoms with Crippen molar-refractivity contribution in [2.75, 3.05) is 0 Å². The lowest BCUT2D eigenvalue weighted by Crippen LogP contribution is -1.99. The predicted molar refractivity (Wildman–Crippen MR) is 102 cm³/mol. The largest absolute Gasteiger partial charge is 0.487 e. The number of para-hydroxylation sites is 1. The van der Waals surface area contributed by atoms with Crippen LogP contribution >= 0.6 is 0 Å². The fraction of sp³-hybridized carbons (Fsp3) is 0.273. The van der Waals surface area contributed by atoms with Crippen LogP contribution in [0, 0.1) is 0 Å². The molecule has 3 rings (SSSR count). The van der Waals surface area contributed by atoms with Gasteiger partial charge in [0.2, 0.25) is 0 Å². The summed E-state index contributed by atoms with van der Waals surface area (Å²) in [6.07, 6.45) is 3.84. The molecule has 26 heavy (non-hydrogen) atoms. The molecular formula is C22H23NO3. The predicted octanol–water partition coefficient (Wildman–Crippen LogP) is 5.00. The Morgan fingerprint density at radius 2 is 1.85 bits per heavy atom. The highest BCUT2D eigenvalue weighted by atomic mass is 16.5. The topological polar surface area (TPSA) is 59.4 Å². The van der Waals surface area contributed by atoms with Gasteiger partial charge in [-0.05, 0) is 49.1 Å². The molecule has 0 bridgehead atoms. The number of carboxylic acid groups (broad SMARTS) is 1. The van der Waals surface area contributed by atoms with E-state index in [4.69, 9.17) is 9.84 Å². The highest BCUT2D eigenvalue weighted by Gasteiger charge is 2.02. The SMILES string of the molecule is O=C(O)CCCCCc1cccc(OCc2ccc3ccccc3n2)c1. The van der Waals surface area contributed by atoms with Crippen LogP contribution in [0.15, 0.2) is 60.7 Å². The molecule has 0 spiro atoms. The molecule has 4 nitrogen and oxygen atoms in total. The fourth-order valence-corrected chi connectivity index (χ4v) is 2.92. The molecule has 1 heterocycles. The lowest BCUT2D eigenvalue weighted by atomic mass is 10.1. The van der Waals surface area contributed by atoms with Gasteiger partial charge < -0.3 is 9.84 Å². The van der Waals surface area contributed by atoms with E-state index in [9.17, 15) is 4.79 Å². The van der Waals surface area contributed by atoms with Crippen molar-refractivity contribution >= 4 is 16.9 Å². The van der Waals surface area contributed by atoms with Crippen LogP contribution in [0.3, 0.4) is 0 Å². The Labute approximate surface area is 153 Å². The van der Waals surface area contributed by atoms with Gasteiger partial charge in [-0.1, -0.05) is 42.8 Å². The molecule has 0 radical (unpaired) electrons. The van der Waals surface area contributed by atoms with Crippen molar-refractivity contribution < 1.29 is 14.6 Å². The van der Waals surface area contributed by atoms with E-state index in [1.807, 2.05) is 42.5 Å². The van der Waals surface area contributed by atoms with Crippen LogP contribution in [0.2, 0.25) is 0 Å². The first-order valence-electron chi connectivity index (χ1n) is 8.99. The summed E-state index contributed by atoms with van der Waals surface area (Å²) in [5.74, 6) is 0.116. The minimum absolute atomic E-state index is 0.252. The van der Waals surface area contributed by atoms with Crippen molar-refractivity contribution in [3.05, 3.63) is 71.9 Å². The molecule has 0 aliphatic carbocycles. The van der Waals surface area contributed by atoms with Crippen LogP contribution < -0.4 is 4.74 Å². The number of aromatic nitrogens is 1. The second-order valence-corrected chi connectivity index (χ2v) is 6.39. The first-order valence-corrected chi connectivity index (χ1v) is 8.99. The molecule has 134 valence electrons. The van der Waals surface area contributed by atoms with E-state index >= 15 is 0 Å². The van der Waals surface area contributed by atoms with Gasteiger partial charge in [-0.2, -0.15) is 0 Å². The second-order valence-electron chi connectivity index (χ2n) is 6.39. The summed E-state index contributed by atoms with van der Waals surface area (Å²) < 4.78 is 5.90. The maximum Gasteiger partial charge on any atom is 0.303 e. The molecule has 0 saturated heterocycles. The Kier molecular flexibility index (Phi) is 6.20. The molecule has 3 aromatic rings. The molecular weight excluding hydrogens is 326 g/mol. The van der Waals surface area contributed by atoms with Gasteiger partial charge in [-0.25, -0.2) is 4.98 Å². The van der Waals surface area contributed by atoms with Gasteiger partial charge in [0.1, 0.15) is 12.4 Å². The first-order chi connectivity index (χ1) is 12.7. The zero-order chi connectivity index (χ0) is 18.2. The number of nitrogens with zero attached hydrogens (tertiary/aromatic N) is 1. The van der Waals surface area contributed by atoms with Crippen LogP contribution in [0.25, 0.3) is 10.9 Å². The lowest BCUT2D eigenvalue weighted by molar-refractivity contribution is -0.137. The average molecular weight is 349 g/mol. The molecule has 0 aliphatic heterocycles. The van der Waals surface area contributed by atoms with E-state index < -0.39 is 5.97 Å². The summed E-state index contributed by atoms with van der Waals surface area (Å²) in [7, 11) is 0. The third kappa shape index (κ3) is 5.31. The molecule has 0 aliphatic rings. The number of pyridine rings is 1. The Morgan fingerprint density at radius 3 is 2.73 bits per heavy atom. The van der Waals surface area contributed by atoms with Crippen LogP contribution in [-0.4, -0.2) is 16.1 Å². The van der Waals surface area contributed by atoms with Gasteiger partial charge in [0.05, 0.1) is 11.2 Å². The van der Waals surface area contributed by atoms with E-state index in [0.717, 1.165) is 48.0 Å². The van der Waals surface area contributed by atoms with Crippen molar-refractivity contribution in [1.29, 1.82) is 0 Å². The van der Waals surface area contributed by atoms with Crippen molar-refractivity contribution in [3.8, 4) is 5.75 Å². The first kappa shape index (κ1) is 17.9. The van der Waals surface area contributed by atoms with Crippen LogP contribution in [0.4, 0.5) is 0 Å². The molecule has 0 unspecified atom stereocenters. The van der Waals surface area contributed by atoms with E-state index in [1.54, 1.807) is 0 Å². The smallest absolute Gasteiger partial charge is 0.303 e. The molecule has 0 saturated carbocycles. The number of fused-ring (bicyclic) bond motifs is 1. The molecule has 0 amide bonds. The quantitative estimate of drug-likeness (QED) is 0.552. The third-order valence-corrected chi connectivity index (χ3v) is 4.30. The van der Waals surface area contributed by atoms with Gasteiger partial charge in [0.25, 0.3) is 0 Å². The number of aryl methyl sites for hydroxylation is 1. The van der Waals surface area contributed by atoms with Crippen molar-refractivity contribution in [2.24, 2.45) is 0 Å². The van der Waals surface area contributed by atoms with E-state index in [2.05, 4.69) is 23.2 Å². The Morgan fingerprint density at radius 1 is 0.962 bits per heavy atom. The van der Waals surface area contributed by atoms with E-state index in [0.29, 0.717) is 6.61 Å². The maximum atomic E-state index is 10.5. The second kappa shape index (κ2) is 8.99. The molecule has 0 fully saturated rings. The molecule has 1 N–H and O–H groups in total. The van der Waals surface area contributed by atoms with Gasteiger partial charge in [0.15, 0.2) is 0 Å². The zero-order valence-corrected chi connectivity index (χ0v) is 14.7. The average Bonchev–Trinajstić information content (AvgIpc) is 2.66. The monoisotopic (exact) mass is 349 g/mol. The van der Waals surface area contributed by atoms with Crippen molar-refractivity contribution in [1.82, 2.24) is 4.98 Å². The maximum absolute atomic E-state index is 10.5. The fourth-order valence-electron chi connectivity index (χ4n) is 2.92. The number of unbranched alkanes of at least 4 members (excludes halogenated alkanes) is 2.